The van der Waals surface area contributed by atoms with Gasteiger partial charge in [-0.1, -0.05) is 43.3 Å². The quantitative estimate of drug-likeness (QED) is 0.327. The zero-order valence-corrected chi connectivity index (χ0v) is 17.7. The number of piperidine rings is 1. The maximum Gasteiger partial charge on any atom is 0.306 e. The van der Waals surface area contributed by atoms with E-state index in [1.807, 2.05) is 30.3 Å². The topological polar surface area (TPSA) is 75.7 Å². The third kappa shape index (κ3) is 8.86. The van der Waals surface area contributed by atoms with Gasteiger partial charge in [0.2, 0.25) is 11.8 Å². The lowest BCUT2D eigenvalue weighted by Crippen LogP contribution is -2.45. The molecule has 0 unspecified atom stereocenters. The molecular weight excluding hydrogens is 406 g/mol. The van der Waals surface area contributed by atoms with E-state index in [-0.39, 0.29) is 50.8 Å². The molecule has 1 atom stereocenters. The van der Waals surface area contributed by atoms with Crippen molar-refractivity contribution in [3.8, 4) is 0 Å². The van der Waals surface area contributed by atoms with Gasteiger partial charge in [0.15, 0.2) is 0 Å². The number of ether oxygens (including phenoxy) is 1. The minimum Gasteiger partial charge on any atom is -0.461 e. The van der Waals surface area contributed by atoms with Gasteiger partial charge in [-0.15, -0.1) is 0 Å². The fourth-order valence-electron chi connectivity index (χ4n) is 3.42. The predicted molar refractivity (Wildman–Crippen MR) is 112 cm³/mol. The highest BCUT2D eigenvalue weighted by Crippen LogP contribution is 2.29. The number of halogens is 2. The molecule has 1 aromatic carbocycles. The zero-order valence-electron chi connectivity index (χ0n) is 17.7. The molecule has 1 aromatic rings. The van der Waals surface area contributed by atoms with Crippen molar-refractivity contribution in [3.63, 3.8) is 0 Å². The largest absolute Gasteiger partial charge is 0.461 e. The summed E-state index contributed by atoms with van der Waals surface area (Å²) in [5.41, 5.74) is 0.843. The van der Waals surface area contributed by atoms with Crippen LogP contribution in [-0.2, 0) is 25.7 Å². The summed E-state index contributed by atoms with van der Waals surface area (Å²) in [6.07, 6.45) is 1.99. The van der Waals surface area contributed by atoms with Gasteiger partial charge in [0.05, 0.1) is 6.42 Å². The number of carbonyl (C=O) groups is 3. The van der Waals surface area contributed by atoms with E-state index < -0.39 is 17.8 Å². The average molecular weight is 436 g/mol. The van der Waals surface area contributed by atoms with Crippen LogP contribution >= 0.6 is 0 Å². The molecule has 0 bridgehead atoms. The number of unbranched alkanes of at least 4 members (excludes halogenated alkanes) is 1. The van der Waals surface area contributed by atoms with Crippen molar-refractivity contribution in [3.05, 3.63) is 48.6 Å². The molecule has 1 fully saturated rings. The maximum absolute atomic E-state index is 13.4. The van der Waals surface area contributed by atoms with Crippen LogP contribution in [0.1, 0.15) is 44.1 Å². The Labute approximate surface area is 181 Å². The van der Waals surface area contributed by atoms with Crippen molar-refractivity contribution in [1.82, 2.24) is 10.2 Å². The number of alkyl halides is 2. The summed E-state index contributed by atoms with van der Waals surface area (Å²) < 4.78 is 32.2. The maximum atomic E-state index is 13.4. The Kier molecular flexibility index (Phi) is 9.62. The molecule has 1 saturated heterocycles. The van der Waals surface area contributed by atoms with Gasteiger partial charge in [-0.2, -0.15) is 0 Å². The monoisotopic (exact) mass is 436 g/mol. The molecular formula is C23H30F2N2O4. The van der Waals surface area contributed by atoms with Crippen molar-refractivity contribution in [1.29, 1.82) is 0 Å². The summed E-state index contributed by atoms with van der Waals surface area (Å²) in [6, 6.07) is 9.21. The van der Waals surface area contributed by atoms with Gasteiger partial charge in [-0.3, -0.25) is 14.4 Å². The first-order valence-corrected chi connectivity index (χ1v) is 10.6. The predicted octanol–water partition coefficient (Wildman–Crippen LogP) is 3.47. The molecule has 0 spiro atoms. The number of amides is 2. The van der Waals surface area contributed by atoms with Crippen LogP contribution in [-0.4, -0.2) is 48.2 Å². The van der Waals surface area contributed by atoms with Gasteiger partial charge in [0, 0.05) is 38.4 Å². The Balaban J connectivity index is 1.89. The summed E-state index contributed by atoms with van der Waals surface area (Å²) in [5, 5.41) is 2.66. The van der Waals surface area contributed by atoms with Crippen LogP contribution < -0.4 is 5.32 Å². The highest BCUT2D eigenvalue weighted by Gasteiger charge is 2.37. The minimum atomic E-state index is -2.75. The van der Waals surface area contributed by atoms with Crippen LogP contribution in [0.4, 0.5) is 8.78 Å². The van der Waals surface area contributed by atoms with Crippen molar-refractivity contribution < 1.29 is 27.9 Å². The lowest BCUT2D eigenvalue weighted by atomic mass is 9.95. The van der Waals surface area contributed by atoms with E-state index in [0.29, 0.717) is 25.8 Å². The highest BCUT2D eigenvalue weighted by atomic mass is 19.3. The minimum absolute atomic E-state index is 0.0171. The molecule has 6 nitrogen and oxygen atoms in total. The zero-order chi connectivity index (χ0) is 22.7. The van der Waals surface area contributed by atoms with E-state index in [1.165, 1.54) is 11.0 Å². The van der Waals surface area contributed by atoms with Gasteiger partial charge in [-0.25, -0.2) is 8.78 Å². The Morgan fingerprint density at radius 2 is 1.84 bits per heavy atom. The summed E-state index contributed by atoms with van der Waals surface area (Å²) >= 11 is 0. The van der Waals surface area contributed by atoms with Gasteiger partial charge >= 0.3 is 5.97 Å². The number of hydrogen-bond acceptors (Lipinski definition) is 4. The van der Waals surface area contributed by atoms with Crippen molar-refractivity contribution >= 4 is 17.8 Å². The van der Waals surface area contributed by atoms with Crippen LogP contribution in [0.5, 0.6) is 0 Å². The van der Waals surface area contributed by atoms with Gasteiger partial charge in [0.25, 0.3) is 5.92 Å². The molecule has 0 radical (unpaired) electrons. The van der Waals surface area contributed by atoms with Crippen LogP contribution in [0.15, 0.2) is 43.0 Å². The van der Waals surface area contributed by atoms with E-state index in [0.717, 1.165) is 5.56 Å². The molecule has 1 aliphatic rings. The fraction of sp³-hybridized carbons (Fsp3) is 0.522. The van der Waals surface area contributed by atoms with E-state index in [4.69, 9.17) is 4.74 Å². The molecule has 0 aliphatic carbocycles. The molecule has 1 heterocycles. The second-order valence-corrected chi connectivity index (χ2v) is 7.72. The summed E-state index contributed by atoms with van der Waals surface area (Å²) in [4.78, 5) is 37.9. The van der Waals surface area contributed by atoms with Crippen LogP contribution in [0.25, 0.3) is 0 Å². The number of nitrogens with one attached hydrogen (secondary N) is 1. The van der Waals surface area contributed by atoms with Crippen molar-refractivity contribution in [2.45, 2.75) is 51.1 Å². The number of nitrogens with zero attached hydrogens (tertiary/aromatic N) is 1. The van der Waals surface area contributed by atoms with E-state index in [1.54, 1.807) is 0 Å². The number of benzene rings is 1. The Morgan fingerprint density at radius 1 is 1.16 bits per heavy atom. The standard InChI is InChI=1S/C23H30F2N2O4/c1-2-20(28)26-13-7-6-10-19(22(30)27-14-11-23(24,25)12-15-27)16-21(29)31-17-18-8-4-3-5-9-18/h2-5,8-9,19H,1,6-7,10-17H2,(H,26,28)/t19-/m1/s1. The van der Waals surface area contributed by atoms with Crippen LogP contribution in [0.2, 0.25) is 0 Å². The van der Waals surface area contributed by atoms with E-state index in [2.05, 4.69) is 11.9 Å². The first-order valence-electron chi connectivity index (χ1n) is 10.6. The number of likely N-dealkylation sites (tertiary alicyclic amines) is 1. The lowest BCUT2D eigenvalue weighted by molar-refractivity contribution is -0.152. The normalized spacial score (nSPS) is 16.3. The Morgan fingerprint density at radius 3 is 2.48 bits per heavy atom. The number of carbonyl (C=O) groups excluding carboxylic acids is 3. The number of hydrogen-bond donors (Lipinski definition) is 1. The average Bonchev–Trinajstić information content (AvgIpc) is 2.76. The molecule has 170 valence electrons. The highest BCUT2D eigenvalue weighted by molar-refractivity contribution is 5.86. The molecule has 0 aromatic heterocycles. The molecule has 1 N–H and O–H groups in total. The van der Waals surface area contributed by atoms with E-state index >= 15 is 0 Å². The third-order valence-electron chi connectivity index (χ3n) is 5.28. The Hall–Kier alpha value is -2.77. The van der Waals surface area contributed by atoms with Gasteiger partial charge < -0.3 is 15.0 Å². The van der Waals surface area contributed by atoms with Crippen LogP contribution in [0, 0.1) is 5.92 Å². The second-order valence-electron chi connectivity index (χ2n) is 7.72. The molecule has 0 saturated carbocycles. The second kappa shape index (κ2) is 12.2. The lowest BCUT2D eigenvalue weighted by Gasteiger charge is -2.34. The molecule has 2 rings (SSSR count). The third-order valence-corrected chi connectivity index (χ3v) is 5.28. The van der Waals surface area contributed by atoms with Crippen LogP contribution in [0.3, 0.4) is 0 Å². The Bertz CT molecular complexity index is 745. The molecule has 8 heteroatoms. The number of rotatable bonds is 11. The molecule has 1 aliphatic heterocycles. The smallest absolute Gasteiger partial charge is 0.306 e. The van der Waals surface area contributed by atoms with Gasteiger partial charge in [0.1, 0.15) is 6.61 Å². The fourth-order valence-corrected chi connectivity index (χ4v) is 3.42. The van der Waals surface area contributed by atoms with Gasteiger partial charge in [-0.05, 0) is 24.5 Å². The summed E-state index contributed by atoms with van der Waals surface area (Å²) in [7, 11) is 0. The molecule has 31 heavy (non-hydrogen) atoms. The SMILES string of the molecule is C=CC(=O)NCCCC[C@H](CC(=O)OCc1ccccc1)C(=O)N1CCC(F)(F)CC1. The van der Waals surface area contributed by atoms with Crippen molar-refractivity contribution in [2.75, 3.05) is 19.6 Å². The summed E-state index contributed by atoms with van der Waals surface area (Å²) in [6.45, 7) is 3.89. The van der Waals surface area contributed by atoms with E-state index in [9.17, 15) is 23.2 Å². The first-order chi connectivity index (χ1) is 14.8. The molecule has 2 amide bonds. The first kappa shape index (κ1) is 24.5. The summed E-state index contributed by atoms with van der Waals surface area (Å²) in [5.74, 6) is -4.44. The number of esters is 1. The van der Waals surface area contributed by atoms with Crippen molar-refractivity contribution in [2.24, 2.45) is 5.92 Å².